The van der Waals surface area contributed by atoms with Gasteiger partial charge in [-0.2, -0.15) is 9.78 Å². The molecule has 6 nitrogen and oxygen atoms in total. The van der Waals surface area contributed by atoms with Gasteiger partial charge in [0, 0.05) is 37.9 Å². The van der Waals surface area contributed by atoms with E-state index in [-0.39, 0.29) is 22.1 Å². The summed E-state index contributed by atoms with van der Waals surface area (Å²) in [4.78, 5) is 16.8. The molecule has 0 bridgehead atoms. The van der Waals surface area contributed by atoms with E-state index in [0.29, 0.717) is 37.6 Å². The van der Waals surface area contributed by atoms with Crippen LogP contribution in [0.5, 0.6) is 5.75 Å². The van der Waals surface area contributed by atoms with E-state index in [4.69, 9.17) is 16.3 Å². The zero-order valence-corrected chi connectivity index (χ0v) is 16.6. The molecule has 0 aliphatic carbocycles. The van der Waals surface area contributed by atoms with Gasteiger partial charge in [0.25, 0.3) is 5.56 Å². The highest BCUT2D eigenvalue weighted by molar-refractivity contribution is 6.33. The summed E-state index contributed by atoms with van der Waals surface area (Å²) in [5.74, 6) is -0.159. The predicted molar refractivity (Wildman–Crippen MR) is 112 cm³/mol. The molecule has 1 aromatic heterocycles. The fourth-order valence-corrected chi connectivity index (χ4v) is 3.70. The summed E-state index contributed by atoms with van der Waals surface area (Å²) in [7, 11) is 1.44. The number of benzene rings is 2. The lowest BCUT2D eigenvalue weighted by Gasteiger charge is -2.37. The molecule has 150 valence electrons. The van der Waals surface area contributed by atoms with E-state index in [1.807, 2.05) is 29.2 Å². The second kappa shape index (κ2) is 8.13. The summed E-state index contributed by atoms with van der Waals surface area (Å²) in [5.41, 5.74) is 1.73. The van der Waals surface area contributed by atoms with Crippen LogP contribution in [-0.2, 0) is 0 Å². The molecule has 1 aliphatic heterocycles. The van der Waals surface area contributed by atoms with Crippen molar-refractivity contribution >= 4 is 23.0 Å². The minimum Gasteiger partial charge on any atom is -0.494 e. The van der Waals surface area contributed by atoms with Gasteiger partial charge in [-0.25, -0.2) is 4.39 Å². The topological polar surface area (TPSA) is 50.6 Å². The number of ether oxygens (including phenoxy) is 1. The van der Waals surface area contributed by atoms with Gasteiger partial charge < -0.3 is 14.5 Å². The maximum absolute atomic E-state index is 14.0. The van der Waals surface area contributed by atoms with Gasteiger partial charge >= 0.3 is 0 Å². The number of aromatic nitrogens is 2. The van der Waals surface area contributed by atoms with Gasteiger partial charge in [0.05, 0.1) is 24.7 Å². The Bertz CT molecular complexity index is 1070. The molecule has 0 amide bonds. The number of piperazine rings is 1. The molecule has 8 heteroatoms. The molecule has 2 heterocycles. The Morgan fingerprint density at radius 2 is 1.69 bits per heavy atom. The van der Waals surface area contributed by atoms with Crippen molar-refractivity contribution in [1.82, 2.24) is 9.78 Å². The quantitative estimate of drug-likeness (QED) is 0.655. The lowest BCUT2D eigenvalue weighted by atomic mass is 10.2. The molecule has 0 unspecified atom stereocenters. The van der Waals surface area contributed by atoms with E-state index in [0.717, 1.165) is 5.69 Å². The molecule has 0 spiro atoms. The fourth-order valence-electron chi connectivity index (χ4n) is 3.46. The normalized spacial score (nSPS) is 14.2. The summed E-state index contributed by atoms with van der Waals surface area (Å²) >= 11 is 6.40. The summed E-state index contributed by atoms with van der Waals surface area (Å²) in [5, 5.41) is 4.44. The Kier molecular flexibility index (Phi) is 5.40. The molecule has 29 heavy (non-hydrogen) atoms. The molecule has 1 saturated heterocycles. The Balaban J connectivity index is 1.51. The highest BCUT2D eigenvalue weighted by Gasteiger charge is 2.22. The zero-order valence-electron chi connectivity index (χ0n) is 15.9. The Labute approximate surface area is 172 Å². The van der Waals surface area contributed by atoms with Crippen molar-refractivity contribution in [3.8, 4) is 11.4 Å². The third-order valence-electron chi connectivity index (χ3n) is 5.02. The van der Waals surface area contributed by atoms with Crippen molar-refractivity contribution in [2.75, 3.05) is 43.1 Å². The third-order valence-corrected chi connectivity index (χ3v) is 5.38. The van der Waals surface area contributed by atoms with E-state index in [1.54, 1.807) is 24.4 Å². The first-order chi connectivity index (χ1) is 14.1. The van der Waals surface area contributed by atoms with Crippen molar-refractivity contribution in [3.05, 3.63) is 75.9 Å². The van der Waals surface area contributed by atoms with Crippen LogP contribution in [0, 0.1) is 5.82 Å². The molecule has 1 fully saturated rings. The van der Waals surface area contributed by atoms with Gasteiger partial charge in [-0.1, -0.05) is 29.8 Å². The van der Waals surface area contributed by atoms with E-state index >= 15 is 0 Å². The molecule has 3 aromatic rings. The average molecular weight is 415 g/mol. The maximum atomic E-state index is 14.0. The number of para-hydroxylation sites is 1. The standard InChI is InChI=1S/C21H20ClFN4O2/c1-29-19-8-7-16(13-17(19)23)25-9-11-26(12-10-25)18-14-24-27(21(28)20(18)22)15-5-3-2-4-6-15/h2-8,13-14H,9-12H2,1H3. The molecule has 0 radical (unpaired) electrons. The number of hydrogen-bond donors (Lipinski definition) is 0. The maximum Gasteiger partial charge on any atom is 0.292 e. The van der Waals surface area contributed by atoms with Crippen LogP contribution in [0.1, 0.15) is 0 Å². The molecular formula is C21H20ClFN4O2. The van der Waals surface area contributed by atoms with Crippen LogP contribution in [0.25, 0.3) is 5.69 Å². The summed E-state index contributed by atoms with van der Waals surface area (Å²) in [6.07, 6.45) is 1.62. The Morgan fingerprint density at radius 1 is 1.00 bits per heavy atom. The number of nitrogens with zero attached hydrogens (tertiary/aromatic N) is 4. The molecule has 0 N–H and O–H groups in total. The average Bonchev–Trinajstić information content (AvgIpc) is 2.76. The number of rotatable bonds is 4. The van der Waals surface area contributed by atoms with Gasteiger partial charge in [0.1, 0.15) is 5.02 Å². The summed E-state index contributed by atoms with van der Waals surface area (Å²) in [6, 6.07) is 14.1. The number of halogens is 2. The first kappa shape index (κ1) is 19.3. The first-order valence-electron chi connectivity index (χ1n) is 9.25. The van der Waals surface area contributed by atoms with Gasteiger partial charge in [-0.3, -0.25) is 4.79 Å². The van der Waals surface area contributed by atoms with E-state index in [9.17, 15) is 9.18 Å². The van der Waals surface area contributed by atoms with Crippen LogP contribution in [-0.4, -0.2) is 43.1 Å². The van der Waals surface area contributed by atoms with Gasteiger partial charge in [0.2, 0.25) is 0 Å². The van der Waals surface area contributed by atoms with Crippen molar-refractivity contribution in [2.24, 2.45) is 0 Å². The van der Waals surface area contributed by atoms with E-state index < -0.39 is 0 Å². The van der Waals surface area contributed by atoms with Gasteiger partial charge in [0.15, 0.2) is 11.6 Å². The van der Waals surface area contributed by atoms with Crippen LogP contribution >= 0.6 is 11.6 Å². The van der Waals surface area contributed by atoms with Crippen LogP contribution in [0.15, 0.2) is 59.5 Å². The molecule has 2 aromatic carbocycles. The van der Waals surface area contributed by atoms with Crippen LogP contribution in [0.2, 0.25) is 5.02 Å². The SMILES string of the molecule is COc1ccc(N2CCN(c3cnn(-c4ccccc4)c(=O)c3Cl)CC2)cc1F. The van der Waals surface area contributed by atoms with E-state index in [2.05, 4.69) is 10.00 Å². The largest absolute Gasteiger partial charge is 0.494 e. The Hall–Kier alpha value is -3.06. The molecule has 4 rings (SSSR count). The molecule has 1 aliphatic rings. The lowest BCUT2D eigenvalue weighted by Crippen LogP contribution is -2.47. The number of anilines is 2. The zero-order chi connectivity index (χ0) is 20.4. The molecule has 0 saturated carbocycles. The van der Waals surface area contributed by atoms with Crippen molar-refractivity contribution in [2.45, 2.75) is 0 Å². The van der Waals surface area contributed by atoms with Crippen molar-refractivity contribution < 1.29 is 9.13 Å². The lowest BCUT2D eigenvalue weighted by molar-refractivity contribution is 0.386. The number of hydrogen-bond acceptors (Lipinski definition) is 5. The summed E-state index contributed by atoms with van der Waals surface area (Å²) in [6.45, 7) is 2.63. The second-order valence-corrected chi connectivity index (χ2v) is 7.07. The van der Waals surface area contributed by atoms with Crippen LogP contribution in [0.3, 0.4) is 0 Å². The molecular weight excluding hydrogens is 395 g/mol. The highest BCUT2D eigenvalue weighted by Crippen LogP contribution is 2.27. The van der Waals surface area contributed by atoms with Crippen LogP contribution in [0.4, 0.5) is 15.8 Å². The highest BCUT2D eigenvalue weighted by atomic mass is 35.5. The predicted octanol–water partition coefficient (Wildman–Crippen LogP) is 3.36. The van der Waals surface area contributed by atoms with Gasteiger partial charge in [-0.05, 0) is 24.3 Å². The smallest absolute Gasteiger partial charge is 0.292 e. The van der Waals surface area contributed by atoms with Crippen molar-refractivity contribution in [1.29, 1.82) is 0 Å². The first-order valence-corrected chi connectivity index (χ1v) is 9.63. The monoisotopic (exact) mass is 414 g/mol. The second-order valence-electron chi connectivity index (χ2n) is 6.69. The van der Waals surface area contributed by atoms with E-state index in [1.165, 1.54) is 17.9 Å². The minimum absolute atomic E-state index is 0.146. The van der Waals surface area contributed by atoms with Gasteiger partial charge in [-0.15, -0.1) is 0 Å². The number of methoxy groups -OCH3 is 1. The minimum atomic E-state index is -0.385. The molecule has 0 atom stereocenters. The van der Waals surface area contributed by atoms with Crippen molar-refractivity contribution in [3.63, 3.8) is 0 Å². The Morgan fingerprint density at radius 3 is 2.34 bits per heavy atom. The van der Waals surface area contributed by atoms with Crippen LogP contribution < -0.4 is 20.1 Å². The fraction of sp³-hybridized carbons (Fsp3) is 0.238. The summed E-state index contributed by atoms with van der Waals surface area (Å²) < 4.78 is 20.3. The third kappa shape index (κ3) is 3.78.